The first kappa shape index (κ1) is 17.1. The first-order valence-electron chi connectivity index (χ1n) is 8.85. The summed E-state index contributed by atoms with van der Waals surface area (Å²) in [5, 5.41) is 24.5. The van der Waals surface area contributed by atoms with Gasteiger partial charge in [0.1, 0.15) is 11.5 Å². The van der Waals surface area contributed by atoms with Crippen LogP contribution in [0.4, 0.5) is 11.5 Å². The summed E-state index contributed by atoms with van der Waals surface area (Å²) in [6.45, 7) is 3.62. The van der Waals surface area contributed by atoms with Crippen LogP contribution in [0.25, 0.3) is 0 Å². The minimum atomic E-state index is -0.403. The number of likely N-dealkylation sites (tertiary alicyclic amines) is 1. The zero-order chi connectivity index (χ0) is 17.1. The lowest BCUT2D eigenvalue weighted by atomic mass is 9.89. The van der Waals surface area contributed by atoms with E-state index in [1.54, 1.807) is 13.0 Å². The first-order chi connectivity index (χ1) is 11.5. The lowest BCUT2D eigenvalue weighted by molar-refractivity contribution is -0.385. The molecule has 1 aliphatic carbocycles. The molecular weight excluding hydrogens is 308 g/mol. The Labute approximate surface area is 142 Å². The second-order valence-electron chi connectivity index (χ2n) is 6.93. The maximum atomic E-state index is 10.9. The van der Waals surface area contributed by atoms with E-state index in [4.69, 9.17) is 0 Å². The normalized spacial score (nSPS) is 26.2. The SMILES string of the molecule is Cc1nc(NC2CCN(C3CCCCC3O)CC2)ccc1[N+](=O)[O-]. The van der Waals surface area contributed by atoms with E-state index in [0.717, 1.165) is 45.2 Å². The van der Waals surface area contributed by atoms with Gasteiger partial charge in [0.2, 0.25) is 0 Å². The smallest absolute Gasteiger partial charge is 0.290 e. The maximum absolute atomic E-state index is 10.9. The molecule has 1 saturated heterocycles. The van der Waals surface area contributed by atoms with Crippen LogP contribution in [0.3, 0.4) is 0 Å². The molecule has 1 aromatic heterocycles. The van der Waals surface area contributed by atoms with E-state index < -0.39 is 4.92 Å². The summed E-state index contributed by atoms with van der Waals surface area (Å²) in [5.74, 6) is 0.703. The van der Waals surface area contributed by atoms with Gasteiger partial charge < -0.3 is 10.4 Å². The number of nitro groups is 1. The molecule has 3 rings (SSSR count). The molecule has 1 aliphatic heterocycles. The molecule has 24 heavy (non-hydrogen) atoms. The van der Waals surface area contributed by atoms with E-state index in [9.17, 15) is 15.2 Å². The molecule has 0 bridgehead atoms. The van der Waals surface area contributed by atoms with Crippen LogP contribution in [0.1, 0.15) is 44.2 Å². The van der Waals surface area contributed by atoms with Crippen LogP contribution in [0.5, 0.6) is 0 Å². The molecule has 0 aromatic carbocycles. The largest absolute Gasteiger partial charge is 0.391 e. The number of aliphatic hydroxyl groups is 1. The number of rotatable bonds is 4. The van der Waals surface area contributed by atoms with Crippen LogP contribution in [-0.2, 0) is 0 Å². The summed E-state index contributed by atoms with van der Waals surface area (Å²) >= 11 is 0. The van der Waals surface area contributed by atoms with Gasteiger partial charge in [0.15, 0.2) is 0 Å². The third kappa shape index (κ3) is 3.84. The standard InChI is InChI=1S/C17H26N4O3/c1-12-14(21(23)24)6-7-17(18-12)19-13-8-10-20(11-9-13)15-4-2-3-5-16(15)22/h6-7,13,15-16,22H,2-5,8-11H2,1H3,(H,18,19). The van der Waals surface area contributed by atoms with Crippen molar-refractivity contribution in [2.75, 3.05) is 18.4 Å². The van der Waals surface area contributed by atoms with Gasteiger partial charge >= 0.3 is 0 Å². The monoisotopic (exact) mass is 334 g/mol. The number of hydrogen-bond acceptors (Lipinski definition) is 6. The van der Waals surface area contributed by atoms with Gasteiger partial charge in [0, 0.05) is 31.2 Å². The van der Waals surface area contributed by atoms with Gasteiger partial charge in [-0.05, 0) is 38.7 Å². The molecule has 2 atom stereocenters. The van der Waals surface area contributed by atoms with Gasteiger partial charge in [-0.25, -0.2) is 4.98 Å². The number of nitrogens with zero attached hydrogens (tertiary/aromatic N) is 3. The van der Waals surface area contributed by atoms with Crippen LogP contribution < -0.4 is 5.32 Å². The molecule has 0 radical (unpaired) electrons. The average Bonchev–Trinajstić information content (AvgIpc) is 2.56. The van der Waals surface area contributed by atoms with Crippen molar-refractivity contribution in [2.45, 2.75) is 63.6 Å². The highest BCUT2D eigenvalue weighted by atomic mass is 16.6. The van der Waals surface area contributed by atoms with Crippen LogP contribution in [0, 0.1) is 17.0 Å². The molecule has 2 fully saturated rings. The molecule has 7 heteroatoms. The Hall–Kier alpha value is -1.73. The molecule has 2 N–H and O–H groups in total. The minimum Gasteiger partial charge on any atom is -0.391 e. The van der Waals surface area contributed by atoms with E-state index >= 15 is 0 Å². The van der Waals surface area contributed by atoms with E-state index in [1.807, 2.05) is 0 Å². The highest BCUT2D eigenvalue weighted by Gasteiger charge is 2.31. The van der Waals surface area contributed by atoms with E-state index in [-0.39, 0.29) is 11.8 Å². The van der Waals surface area contributed by atoms with Crippen molar-refractivity contribution in [1.29, 1.82) is 0 Å². The highest BCUT2D eigenvalue weighted by molar-refractivity contribution is 5.45. The molecule has 0 spiro atoms. The van der Waals surface area contributed by atoms with Crippen LogP contribution in [0.2, 0.25) is 0 Å². The third-order valence-electron chi connectivity index (χ3n) is 5.30. The summed E-state index contributed by atoms with van der Waals surface area (Å²) in [4.78, 5) is 17.2. The lowest BCUT2D eigenvalue weighted by Crippen LogP contribution is -2.50. The van der Waals surface area contributed by atoms with Gasteiger partial charge in [-0.2, -0.15) is 0 Å². The predicted molar refractivity (Wildman–Crippen MR) is 92.1 cm³/mol. The third-order valence-corrected chi connectivity index (χ3v) is 5.30. The second kappa shape index (κ2) is 7.44. The number of aryl methyl sites for hydroxylation is 1. The number of aliphatic hydroxyl groups excluding tert-OH is 1. The van der Waals surface area contributed by atoms with Crippen molar-refractivity contribution in [3.05, 3.63) is 27.9 Å². The van der Waals surface area contributed by atoms with E-state index in [2.05, 4.69) is 15.2 Å². The maximum Gasteiger partial charge on any atom is 0.290 e. The highest BCUT2D eigenvalue weighted by Crippen LogP contribution is 2.27. The van der Waals surface area contributed by atoms with Crippen molar-refractivity contribution in [2.24, 2.45) is 0 Å². The number of aromatic nitrogens is 1. The number of anilines is 1. The minimum absolute atomic E-state index is 0.0571. The Morgan fingerprint density at radius 2 is 1.96 bits per heavy atom. The van der Waals surface area contributed by atoms with Crippen molar-refractivity contribution in [3.63, 3.8) is 0 Å². The quantitative estimate of drug-likeness (QED) is 0.649. The fourth-order valence-corrected chi connectivity index (χ4v) is 3.93. The van der Waals surface area contributed by atoms with Crippen LogP contribution in [-0.4, -0.2) is 51.2 Å². The number of piperidine rings is 1. The molecule has 0 amide bonds. The molecule has 2 unspecified atom stereocenters. The van der Waals surface area contributed by atoms with Crippen molar-refractivity contribution in [1.82, 2.24) is 9.88 Å². The van der Waals surface area contributed by atoms with Crippen LogP contribution >= 0.6 is 0 Å². The first-order valence-corrected chi connectivity index (χ1v) is 8.85. The molecule has 2 heterocycles. The lowest BCUT2D eigenvalue weighted by Gasteiger charge is -2.41. The predicted octanol–water partition coefficient (Wildman–Crippen LogP) is 2.48. The molecule has 7 nitrogen and oxygen atoms in total. The average molecular weight is 334 g/mol. The molecule has 132 valence electrons. The Morgan fingerprint density at radius 3 is 2.58 bits per heavy atom. The van der Waals surface area contributed by atoms with Gasteiger partial charge in [0.05, 0.1) is 11.0 Å². The number of pyridine rings is 1. The Kier molecular flexibility index (Phi) is 5.30. The van der Waals surface area contributed by atoms with E-state index in [1.165, 1.54) is 12.5 Å². The Balaban J connectivity index is 1.54. The van der Waals surface area contributed by atoms with Gasteiger partial charge in [0.25, 0.3) is 5.69 Å². The number of nitrogens with one attached hydrogen (secondary N) is 1. The van der Waals surface area contributed by atoms with E-state index in [0.29, 0.717) is 23.6 Å². The molecule has 1 saturated carbocycles. The van der Waals surface area contributed by atoms with Crippen molar-refractivity contribution < 1.29 is 10.0 Å². The zero-order valence-electron chi connectivity index (χ0n) is 14.1. The summed E-state index contributed by atoms with van der Waals surface area (Å²) in [6.07, 6.45) is 6.20. The zero-order valence-corrected chi connectivity index (χ0v) is 14.1. The Bertz CT molecular complexity index is 587. The summed E-state index contributed by atoms with van der Waals surface area (Å²) < 4.78 is 0. The van der Waals surface area contributed by atoms with Crippen molar-refractivity contribution in [3.8, 4) is 0 Å². The van der Waals surface area contributed by atoms with Crippen LogP contribution in [0.15, 0.2) is 12.1 Å². The number of hydrogen-bond donors (Lipinski definition) is 2. The molecular formula is C17H26N4O3. The molecule has 1 aromatic rings. The summed E-state index contributed by atoms with van der Waals surface area (Å²) in [5.41, 5.74) is 0.495. The van der Waals surface area contributed by atoms with Gasteiger partial charge in [-0.1, -0.05) is 12.8 Å². The van der Waals surface area contributed by atoms with Crippen molar-refractivity contribution >= 4 is 11.5 Å². The topological polar surface area (TPSA) is 91.5 Å². The fraction of sp³-hybridized carbons (Fsp3) is 0.706. The second-order valence-corrected chi connectivity index (χ2v) is 6.93. The Morgan fingerprint density at radius 1 is 1.25 bits per heavy atom. The van der Waals surface area contributed by atoms with Gasteiger partial charge in [-0.15, -0.1) is 0 Å². The fourth-order valence-electron chi connectivity index (χ4n) is 3.93. The van der Waals surface area contributed by atoms with Gasteiger partial charge in [-0.3, -0.25) is 15.0 Å². The summed E-state index contributed by atoms with van der Waals surface area (Å²) in [6, 6.07) is 3.84. The molecule has 2 aliphatic rings. The summed E-state index contributed by atoms with van der Waals surface area (Å²) in [7, 11) is 0.